The van der Waals surface area contributed by atoms with Gasteiger partial charge in [-0.15, -0.1) is 0 Å². The summed E-state index contributed by atoms with van der Waals surface area (Å²) in [5, 5.41) is 11.7. The van der Waals surface area contributed by atoms with Gasteiger partial charge in [-0.25, -0.2) is 4.98 Å². The molecule has 3 aromatic rings. The van der Waals surface area contributed by atoms with E-state index in [9.17, 15) is 23.1 Å². The first-order valence-electron chi connectivity index (χ1n) is 7.58. The van der Waals surface area contributed by atoms with Crippen LogP contribution in [0.2, 0.25) is 5.02 Å². The van der Waals surface area contributed by atoms with Crippen molar-refractivity contribution in [2.24, 2.45) is 0 Å². The Morgan fingerprint density at radius 3 is 2.54 bits per heavy atom. The summed E-state index contributed by atoms with van der Waals surface area (Å²) < 4.78 is 40.3. The number of nitrogens with zero attached hydrogens (tertiary/aromatic N) is 2. The van der Waals surface area contributed by atoms with Crippen LogP contribution in [0.5, 0.6) is 5.75 Å². The van der Waals surface area contributed by atoms with Gasteiger partial charge in [-0.05, 0) is 36.8 Å². The van der Waals surface area contributed by atoms with E-state index < -0.39 is 17.6 Å². The van der Waals surface area contributed by atoms with E-state index in [1.54, 1.807) is 6.92 Å². The molecule has 0 atom stereocenters. The second-order valence-electron chi connectivity index (χ2n) is 5.53. The highest BCUT2D eigenvalue weighted by Gasteiger charge is 2.33. The minimum absolute atomic E-state index is 0.0219. The fourth-order valence-electron chi connectivity index (χ4n) is 2.53. The summed E-state index contributed by atoms with van der Waals surface area (Å²) in [7, 11) is 0. The zero-order valence-electron chi connectivity index (χ0n) is 13.4. The molecule has 0 radical (unpaired) electrons. The molecule has 0 unspecified atom stereocenters. The Labute approximate surface area is 151 Å². The van der Waals surface area contributed by atoms with Crippen molar-refractivity contribution < 1.29 is 23.1 Å². The number of phenols is 1. The molecule has 0 saturated carbocycles. The number of rotatable bonds is 3. The Bertz CT molecular complexity index is 982. The number of halogens is 4. The third-order valence-electron chi connectivity index (χ3n) is 3.75. The molecule has 0 aliphatic carbocycles. The number of nitrogens with one attached hydrogen (secondary N) is 1. The van der Waals surface area contributed by atoms with Gasteiger partial charge in [-0.1, -0.05) is 18.5 Å². The van der Waals surface area contributed by atoms with Gasteiger partial charge in [0.2, 0.25) is 0 Å². The van der Waals surface area contributed by atoms with Crippen molar-refractivity contribution in [2.75, 3.05) is 5.32 Å². The third-order valence-corrected chi connectivity index (χ3v) is 4.03. The fraction of sp³-hybridized carbons (Fsp3) is 0.176. The molecule has 0 aliphatic rings. The van der Waals surface area contributed by atoms with Crippen molar-refractivity contribution in [3.63, 3.8) is 0 Å². The number of alkyl halides is 3. The molecule has 0 fully saturated rings. The molecule has 26 heavy (non-hydrogen) atoms. The Balaban J connectivity index is 2.12. The standard InChI is InChI=1S/C17H13ClF3N3O2/c1-2-13-14(16(26)22-10-3-5-11(25)6-4-10)24-8-9(17(19,20)21)7-12(18)15(24)23-13/h3-8,25H,2H2,1H3,(H,22,26). The van der Waals surface area contributed by atoms with E-state index in [1.807, 2.05) is 0 Å². The number of fused-ring (bicyclic) bond motifs is 1. The largest absolute Gasteiger partial charge is 0.508 e. The van der Waals surface area contributed by atoms with E-state index in [4.69, 9.17) is 11.6 Å². The van der Waals surface area contributed by atoms with E-state index in [0.29, 0.717) is 17.8 Å². The van der Waals surface area contributed by atoms with Gasteiger partial charge in [0.15, 0.2) is 5.65 Å². The number of hydrogen-bond donors (Lipinski definition) is 2. The number of carbonyl (C=O) groups excluding carboxylic acids is 1. The zero-order valence-corrected chi connectivity index (χ0v) is 14.2. The van der Waals surface area contributed by atoms with Crippen molar-refractivity contribution in [2.45, 2.75) is 19.5 Å². The molecule has 2 heterocycles. The van der Waals surface area contributed by atoms with E-state index in [1.165, 1.54) is 24.3 Å². The number of carbonyl (C=O) groups is 1. The van der Waals surface area contributed by atoms with Crippen molar-refractivity contribution in [3.05, 3.63) is 58.5 Å². The molecule has 1 aromatic carbocycles. The molecule has 0 saturated heterocycles. The number of pyridine rings is 1. The topological polar surface area (TPSA) is 66.6 Å². The minimum Gasteiger partial charge on any atom is -0.508 e. The Morgan fingerprint density at radius 1 is 1.31 bits per heavy atom. The highest BCUT2D eigenvalue weighted by atomic mass is 35.5. The molecule has 5 nitrogen and oxygen atoms in total. The van der Waals surface area contributed by atoms with Crippen LogP contribution in [0, 0.1) is 0 Å². The molecule has 136 valence electrons. The number of hydrogen-bond acceptors (Lipinski definition) is 3. The molecule has 1 amide bonds. The lowest BCUT2D eigenvalue weighted by Crippen LogP contribution is -2.17. The molecule has 0 aliphatic heterocycles. The van der Waals surface area contributed by atoms with Crippen molar-refractivity contribution in [1.82, 2.24) is 9.38 Å². The monoisotopic (exact) mass is 383 g/mol. The summed E-state index contributed by atoms with van der Waals surface area (Å²) in [4.78, 5) is 16.9. The molecule has 0 bridgehead atoms. The van der Waals surface area contributed by atoms with Crippen molar-refractivity contribution in [1.29, 1.82) is 0 Å². The summed E-state index contributed by atoms with van der Waals surface area (Å²) in [6.07, 6.45) is -3.48. The van der Waals surface area contributed by atoms with Gasteiger partial charge in [-0.3, -0.25) is 9.20 Å². The van der Waals surface area contributed by atoms with Crippen LogP contribution in [0.25, 0.3) is 5.65 Å². The molecule has 9 heteroatoms. The Hall–Kier alpha value is -2.74. The zero-order chi connectivity index (χ0) is 19.1. The number of aryl methyl sites for hydroxylation is 1. The number of amides is 1. The first kappa shape index (κ1) is 18.1. The quantitative estimate of drug-likeness (QED) is 0.653. The second-order valence-corrected chi connectivity index (χ2v) is 5.94. The van der Waals surface area contributed by atoms with Gasteiger partial charge in [0, 0.05) is 11.9 Å². The number of aromatic hydroxyl groups is 1. The van der Waals surface area contributed by atoms with Crippen LogP contribution < -0.4 is 5.32 Å². The molecule has 2 aromatic heterocycles. The Kier molecular flexibility index (Phi) is 4.53. The van der Waals surface area contributed by atoms with E-state index in [2.05, 4.69) is 10.3 Å². The SMILES string of the molecule is CCc1nc2c(Cl)cc(C(F)(F)F)cn2c1C(=O)Nc1ccc(O)cc1. The maximum absolute atomic E-state index is 13.1. The maximum Gasteiger partial charge on any atom is 0.417 e. The van der Waals surface area contributed by atoms with Gasteiger partial charge in [0.25, 0.3) is 5.91 Å². The Morgan fingerprint density at radius 2 is 1.96 bits per heavy atom. The number of imidazole rings is 1. The summed E-state index contributed by atoms with van der Waals surface area (Å²) in [6, 6.07) is 6.48. The van der Waals surface area contributed by atoms with Gasteiger partial charge < -0.3 is 10.4 Å². The summed E-state index contributed by atoms with van der Waals surface area (Å²) in [6.45, 7) is 1.73. The van der Waals surface area contributed by atoms with Crippen molar-refractivity contribution >= 4 is 28.8 Å². The van der Waals surface area contributed by atoms with Crippen LogP contribution in [0.1, 0.15) is 28.7 Å². The second kappa shape index (κ2) is 6.53. The molecule has 2 N–H and O–H groups in total. The van der Waals surface area contributed by atoms with Crippen LogP contribution in [-0.4, -0.2) is 20.4 Å². The van der Waals surface area contributed by atoms with Gasteiger partial charge in [0.05, 0.1) is 16.3 Å². The highest BCUT2D eigenvalue weighted by molar-refractivity contribution is 6.33. The lowest BCUT2D eigenvalue weighted by Gasteiger charge is -2.10. The first-order valence-corrected chi connectivity index (χ1v) is 7.96. The van der Waals surface area contributed by atoms with Gasteiger partial charge in [-0.2, -0.15) is 13.2 Å². The highest BCUT2D eigenvalue weighted by Crippen LogP contribution is 2.33. The van der Waals surface area contributed by atoms with Crippen LogP contribution in [-0.2, 0) is 12.6 Å². The predicted molar refractivity (Wildman–Crippen MR) is 90.6 cm³/mol. The molecule has 0 spiro atoms. The lowest BCUT2D eigenvalue weighted by molar-refractivity contribution is -0.137. The molecular formula is C17H13ClF3N3O2. The third kappa shape index (κ3) is 3.32. The lowest BCUT2D eigenvalue weighted by atomic mass is 10.2. The van der Waals surface area contributed by atoms with Crippen LogP contribution >= 0.6 is 11.6 Å². The summed E-state index contributed by atoms with van der Waals surface area (Å²) in [5.41, 5.74) is -0.227. The minimum atomic E-state index is -4.61. The van der Waals surface area contributed by atoms with Crippen LogP contribution in [0.3, 0.4) is 0 Å². The number of benzene rings is 1. The predicted octanol–water partition coefficient (Wildman–Crippen LogP) is 4.53. The molecular weight excluding hydrogens is 371 g/mol. The van der Waals surface area contributed by atoms with Gasteiger partial charge in [0.1, 0.15) is 11.4 Å². The normalized spacial score (nSPS) is 11.7. The number of aromatic nitrogens is 2. The average molecular weight is 384 g/mol. The van der Waals surface area contributed by atoms with Gasteiger partial charge >= 0.3 is 6.18 Å². The smallest absolute Gasteiger partial charge is 0.417 e. The van der Waals surface area contributed by atoms with E-state index >= 15 is 0 Å². The summed E-state index contributed by atoms with van der Waals surface area (Å²) in [5.74, 6) is -0.607. The maximum atomic E-state index is 13.1. The van der Waals surface area contributed by atoms with E-state index in [-0.39, 0.29) is 22.1 Å². The fourth-order valence-corrected chi connectivity index (χ4v) is 2.78. The van der Waals surface area contributed by atoms with Crippen LogP contribution in [0.15, 0.2) is 36.5 Å². The first-order chi connectivity index (χ1) is 12.2. The van der Waals surface area contributed by atoms with Crippen molar-refractivity contribution in [3.8, 4) is 5.75 Å². The van der Waals surface area contributed by atoms with E-state index in [0.717, 1.165) is 16.7 Å². The summed E-state index contributed by atoms with van der Waals surface area (Å²) >= 11 is 5.95. The number of phenolic OH excluding ortho intramolecular Hbond substituents is 1. The molecule has 3 rings (SSSR count). The average Bonchev–Trinajstić information content (AvgIpc) is 2.95. The van der Waals surface area contributed by atoms with Crippen LogP contribution in [0.4, 0.5) is 18.9 Å². The number of anilines is 1.